The Morgan fingerprint density at radius 2 is 2.00 bits per heavy atom. The molecule has 1 amide bonds. The lowest BCUT2D eigenvalue weighted by Crippen LogP contribution is -2.51. The number of ether oxygens (including phenoxy) is 1. The first-order valence-electron chi connectivity index (χ1n) is 11.0. The van der Waals surface area contributed by atoms with E-state index in [2.05, 4.69) is 32.5 Å². The predicted octanol–water partition coefficient (Wildman–Crippen LogP) is 3.09. The molecule has 1 saturated heterocycles. The van der Waals surface area contributed by atoms with Gasteiger partial charge in [0.1, 0.15) is 11.8 Å². The lowest BCUT2D eigenvalue weighted by atomic mass is 9.97. The molecule has 2 N–H and O–H groups in total. The summed E-state index contributed by atoms with van der Waals surface area (Å²) in [7, 11) is -2.31. The molecule has 9 heteroatoms. The van der Waals surface area contributed by atoms with Crippen molar-refractivity contribution in [1.82, 2.24) is 14.9 Å². The molecule has 0 saturated carbocycles. The van der Waals surface area contributed by atoms with Crippen LogP contribution in [-0.2, 0) is 21.4 Å². The molecule has 2 atom stereocenters. The summed E-state index contributed by atoms with van der Waals surface area (Å²) in [6.07, 6.45) is 2.16. The first kappa shape index (κ1) is 24.7. The number of piperidine rings is 1. The van der Waals surface area contributed by atoms with Crippen molar-refractivity contribution in [2.45, 2.75) is 44.2 Å². The molecule has 2 aromatic rings. The average molecular weight is 480 g/mol. The van der Waals surface area contributed by atoms with Gasteiger partial charge in [-0.05, 0) is 66.9 Å². The van der Waals surface area contributed by atoms with Crippen LogP contribution in [0.25, 0.3) is 0 Å². The van der Waals surface area contributed by atoms with Gasteiger partial charge in [0.15, 0.2) is 0 Å². The molecule has 2 heterocycles. The first-order valence-corrected chi connectivity index (χ1v) is 13.3. The maximum Gasteiger partial charge on any atom is 0.241 e. The lowest BCUT2D eigenvalue weighted by Gasteiger charge is -2.33. The Balaban J connectivity index is 1.56. The van der Waals surface area contributed by atoms with Crippen molar-refractivity contribution >= 4 is 27.3 Å². The molecule has 7 nitrogen and oxygen atoms in total. The maximum absolute atomic E-state index is 12.9. The summed E-state index contributed by atoms with van der Waals surface area (Å²) in [4.78, 5) is 16.8. The minimum atomic E-state index is -3.83. The zero-order valence-electron chi connectivity index (χ0n) is 18.9. The smallest absolute Gasteiger partial charge is 0.241 e. The van der Waals surface area contributed by atoms with Crippen molar-refractivity contribution < 1.29 is 17.9 Å². The van der Waals surface area contributed by atoms with Crippen LogP contribution in [-0.4, -0.2) is 52.0 Å². The minimum absolute atomic E-state index is 0.105. The third kappa shape index (κ3) is 6.78. The third-order valence-electron chi connectivity index (χ3n) is 5.73. The van der Waals surface area contributed by atoms with Crippen molar-refractivity contribution in [1.29, 1.82) is 0 Å². The average Bonchev–Trinajstić information content (AvgIpc) is 3.29. The Morgan fingerprint density at radius 3 is 2.62 bits per heavy atom. The molecule has 0 spiro atoms. The summed E-state index contributed by atoms with van der Waals surface area (Å²) in [5.41, 5.74) is 0. The first-order chi connectivity index (χ1) is 15.3. The van der Waals surface area contributed by atoms with Gasteiger partial charge in [-0.25, -0.2) is 8.42 Å². The van der Waals surface area contributed by atoms with Crippen molar-refractivity contribution in [2.75, 3.05) is 26.7 Å². The quantitative estimate of drug-likeness (QED) is 0.547. The highest BCUT2D eigenvalue weighted by Gasteiger charge is 2.29. The summed E-state index contributed by atoms with van der Waals surface area (Å²) in [5, 5.41) is 5.09. The molecule has 1 fully saturated rings. The Labute approximate surface area is 195 Å². The summed E-state index contributed by atoms with van der Waals surface area (Å²) in [5.74, 6) is 0.457. The summed E-state index contributed by atoms with van der Waals surface area (Å²) in [6.45, 7) is 7.17. The van der Waals surface area contributed by atoms with Crippen molar-refractivity contribution in [3.8, 4) is 5.75 Å². The van der Waals surface area contributed by atoms with Crippen LogP contribution in [0.15, 0.2) is 46.7 Å². The number of carbonyl (C=O) groups is 1. The summed E-state index contributed by atoms with van der Waals surface area (Å²) in [6, 6.07) is 9.50. The van der Waals surface area contributed by atoms with Gasteiger partial charge < -0.3 is 10.1 Å². The van der Waals surface area contributed by atoms with E-state index in [0.29, 0.717) is 18.2 Å². The number of methoxy groups -OCH3 is 1. The fourth-order valence-corrected chi connectivity index (χ4v) is 6.01. The van der Waals surface area contributed by atoms with Crippen LogP contribution in [0.1, 0.15) is 31.6 Å². The lowest BCUT2D eigenvalue weighted by molar-refractivity contribution is -0.123. The highest BCUT2D eigenvalue weighted by atomic mass is 32.2. The number of thiophene rings is 1. The SMILES string of the molecule is COc1ccc(S(=O)(=O)N[C@H](C(=O)NCC2CCCN(Cc3cccs3)C2)C(C)C)cc1. The van der Waals surface area contributed by atoms with Crippen LogP contribution in [0.5, 0.6) is 5.75 Å². The van der Waals surface area contributed by atoms with E-state index >= 15 is 0 Å². The van der Waals surface area contributed by atoms with E-state index in [-0.39, 0.29) is 16.7 Å². The minimum Gasteiger partial charge on any atom is -0.497 e. The number of carbonyl (C=O) groups excluding carboxylic acids is 1. The molecule has 0 aliphatic carbocycles. The molecule has 1 aliphatic rings. The van der Waals surface area contributed by atoms with Crippen molar-refractivity contribution in [3.63, 3.8) is 0 Å². The number of rotatable bonds is 10. The van der Waals surface area contributed by atoms with Gasteiger partial charge in [0, 0.05) is 24.5 Å². The van der Waals surface area contributed by atoms with E-state index in [9.17, 15) is 13.2 Å². The largest absolute Gasteiger partial charge is 0.497 e. The van der Waals surface area contributed by atoms with Crippen molar-refractivity contribution in [3.05, 3.63) is 46.7 Å². The maximum atomic E-state index is 12.9. The van der Waals surface area contributed by atoms with E-state index in [0.717, 1.165) is 32.5 Å². The Kier molecular flexibility index (Phi) is 8.70. The molecular weight excluding hydrogens is 446 g/mol. The topological polar surface area (TPSA) is 87.7 Å². The molecular formula is C23H33N3O4S2. The van der Waals surface area contributed by atoms with Gasteiger partial charge in [0.25, 0.3) is 0 Å². The monoisotopic (exact) mass is 479 g/mol. The summed E-state index contributed by atoms with van der Waals surface area (Å²) < 4.78 is 33.3. The molecule has 0 radical (unpaired) electrons. The predicted molar refractivity (Wildman–Crippen MR) is 127 cm³/mol. The number of sulfonamides is 1. The van der Waals surface area contributed by atoms with Gasteiger partial charge in [-0.15, -0.1) is 11.3 Å². The highest BCUT2D eigenvalue weighted by Crippen LogP contribution is 2.20. The van der Waals surface area contributed by atoms with Crippen LogP contribution >= 0.6 is 11.3 Å². The molecule has 176 valence electrons. The van der Waals surface area contributed by atoms with Crippen LogP contribution in [0, 0.1) is 11.8 Å². The van der Waals surface area contributed by atoms with Crippen LogP contribution < -0.4 is 14.8 Å². The van der Waals surface area contributed by atoms with Gasteiger partial charge in [0.2, 0.25) is 15.9 Å². The number of hydrogen-bond donors (Lipinski definition) is 2. The van der Waals surface area contributed by atoms with Crippen LogP contribution in [0.4, 0.5) is 0 Å². The van der Waals surface area contributed by atoms with E-state index in [1.54, 1.807) is 23.5 Å². The number of benzene rings is 1. The van der Waals surface area contributed by atoms with Gasteiger partial charge in [-0.2, -0.15) is 4.72 Å². The van der Waals surface area contributed by atoms with Gasteiger partial charge in [-0.1, -0.05) is 19.9 Å². The van der Waals surface area contributed by atoms with E-state index in [4.69, 9.17) is 4.74 Å². The van der Waals surface area contributed by atoms with E-state index in [1.807, 2.05) is 13.8 Å². The fourth-order valence-electron chi connectivity index (χ4n) is 3.92. The Morgan fingerprint density at radius 1 is 1.25 bits per heavy atom. The molecule has 0 bridgehead atoms. The van der Waals surface area contributed by atoms with Crippen LogP contribution in [0.2, 0.25) is 0 Å². The highest BCUT2D eigenvalue weighted by molar-refractivity contribution is 7.89. The van der Waals surface area contributed by atoms with Crippen LogP contribution in [0.3, 0.4) is 0 Å². The zero-order chi connectivity index (χ0) is 23.1. The Bertz CT molecular complexity index is 960. The number of hydrogen-bond acceptors (Lipinski definition) is 6. The zero-order valence-corrected chi connectivity index (χ0v) is 20.5. The van der Waals surface area contributed by atoms with Gasteiger partial charge in [0.05, 0.1) is 12.0 Å². The van der Waals surface area contributed by atoms with E-state index in [1.165, 1.54) is 24.1 Å². The third-order valence-corrected chi connectivity index (χ3v) is 8.05. The van der Waals surface area contributed by atoms with E-state index < -0.39 is 16.1 Å². The molecule has 1 aliphatic heterocycles. The number of nitrogens with one attached hydrogen (secondary N) is 2. The standard InChI is InChI=1S/C23H33N3O4S2/c1-17(2)22(25-32(28,29)21-10-8-19(30-3)9-11-21)23(27)24-14-18-6-4-12-26(15-18)16-20-7-5-13-31-20/h5,7-11,13,17-18,22,25H,4,6,12,14-16H2,1-3H3,(H,24,27)/t18?,22-/m0/s1. The second kappa shape index (κ2) is 11.3. The number of likely N-dealkylation sites (tertiary alicyclic amines) is 1. The normalized spacial score (nSPS) is 18.4. The Hall–Kier alpha value is -1.94. The number of nitrogens with zero attached hydrogens (tertiary/aromatic N) is 1. The second-order valence-electron chi connectivity index (χ2n) is 8.59. The molecule has 1 aromatic heterocycles. The second-order valence-corrected chi connectivity index (χ2v) is 11.3. The fraction of sp³-hybridized carbons (Fsp3) is 0.522. The molecule has 32 heavy (non-hydrogen) atoms. The number of amides is 1. The molecule has 1 unspecified atom stereocenters. The molecule has 3 rings (SSSR count). The van der Waals surface area contributed by atoms with Crippen molar-refractivity contribution in [2.24, 2.45) is 11.8 Å². The summed E-state index contributed by atoms with van der Waals surface area (Å²) >= 11 is 1.77. The van der Waals surface area contributed by atoms with Gasteiger partial charge >= 0.3 is 0 Å². The molecule has 1 aromatic carbocycles. The van der Waals surface area contributed by atoms with Gasteiger partial charge in [-0.3, -0.25) is 9.69 Å².